The van der Waals surface area contributed by atoms with Gasteiger partial charge in [0.2, 0.25) is 5.88 Å². The van der Waals surface area contributed by atoms with Crippen LogP contribution in [0.4, 0.5) is 27.8 Å². The molecule has 0 saturated carbocycles. The summed E-state index contributed by atoms with van der Waals surface area (Å²) in [7, 11) is 0. The molecular weight excluding hydrogens is 249 g/mol. The van der Waals surface area contributed by atoms with Gasteiger partial charge in [0.25, 0.3) is 6.43 Å². The molecule has 17 heavy (non-hydrogen) atoms. The number of pyridine rings is 1. The fourth-order valence-electron chi connectivity index (χ4n) is 1.08. The van der Waals surface area contributed by atoms with E-state index in [4.69, 9.17) is 11.5 Å². The molecule has 0 saturated heterocycles. The average molecular weight is 257 g/mol. The van der Waals surface area contributed by atoms with Crippen LogP contribution in [0, 0.1) is 0 Å². The van der Waals surface area contributed by atoms with Crippen LogP contribution in [0.3, 0.4) is 0 Å². The monoisotopic (exact) mass is 257 g/mol. The van der Waals surface area contributed by atoms with Crippen LogP contribution in [0.1, 0.15) is 17.6 Å². The molecule has 9 heteroatoms. The van der Waals surface area contributed by atoms with E-state index >= 15 is 0 Å². The minimum Gasteiger partial charge on any atom is -0.387 e. The maximum Gasteiger partial charge on any atom is 0.574 e. The lowest BCUT2D eigenvalue weighted by Gasteiger charge is -2.14. The summed E-state index contributed by atoms with van der Waals surface area (Å²) in [6.07, 6.45) is -8.29. The first-order valence-electron chi connectivity index (χ1n) is 4.28. The number of aromatic nitrogens is 1. The first-order valence-corrected chi connectivity index (χ1v) is 4.28. The third-order valence-corrected chi connectivity index (χ3v) is 1.80. The number of anilines is 1. The number of halogens is 5. The molecule has 1 heterocycles. The Morgan fingerprint density at radius 3 is 2.35 bits per heavy atom. The van der Waals surface area contributed by atoms with E-state index < -0.39 is 24.2 Å². The molecule has 0 fully saturated rings. The SMILES string of the molecule is NCc1cc(C(F)F)c(OC(F)(F)F)nc1N. The Morgan fingerprint density at radius 1 is 1.35 bits per heavy atom. The number of rotatable bonds is 3. The van der Waals surface area contributed by atoms with E-state index in [0.717, 1.165) is 6.07 Å². The number of nitrogens with zero attached hydrogens (tertiary/aromatic N) is 1. The third-order valence-electron chi connectivity index (χ3n) is 1.80. The maximum absolute atomic E-state index is 12.5. The van der Waals surface area contributed by atoms with E-state index in [2.05, 4.69) is 9.72 Å². The number of ether oxygens (including phenoxy) is 1. The van der Waals surface area contributed by atoms with Crippen molar-refractivity contribution >= 4 is 5.82 Å². The third kappa shape index (κ3) is 3.41. The molecule has 0 aliphatic carbocycles. The molecule has 1 aromatic heterocycles. The predicted molar refractivity (Wildman–Crippen MR) is 48.2 cm³/mol. The zero-order valence-corrected chi connectivity index (χ0v) is 8.26. The van der Waals surface area contributed by atoms with Crippen molar-refractivity contribution in [2.24, 2.45) is 5.73 Å². The van der Waals surface area contributed by atoms with Gasteiger partial charge in [-0.3, -0.25) is 0 Å². The van der Waals surface area contributed by atoms with Gasteiger partial charge in [0.1, 0.15) is 5.82 Å². The lowest BCUT2D eigenvalue weighted by molar-refractivity contribution is -0.276. The van der Waals surface area contributed by atoms with Crippen LogP contribution in [-0.4, -0.2) is 11.3 Å². The molecule has 0 spiro atoms. The number of hydrogen-bond donors (Lipinski definition) is 2. The van der Waals surface area contributed by atoms with Crippen molar-refractivity contribution in [3.05, 3.63) is 17.2 Å². The lowest BCUT2D eigenvalue weighted by atomic mass is 10.2. The molecule has 0 amide bonds. The molecule has 0 aliphatic rings. The first kappa shape index (κ1) is 13.4. The smallest absolute Gasteiger partial charge is 0.387 e. The molecule has 0 radical (unpaired) electrons. The molecule has 0 aromatic carbocycles. The number of alkyl halides is 5. The summed E-state index contributed by atoms with van der Waals surface area (Å²) in [6, 6.07) is 0.744. The average Bonchev–Trinajstić information content (AvgIpc) is 2.14. The second-order valence-corrected chi connectivity index (χ2v) is 2.98. The van der Waals surface area contributed by atoms with Crippen LogP contribution in [0.25, 0.3) is 0 Å². The number of hydrogen-bond acceptors (Lipinski definition) is 4. The zero-order chi connectivity index (χ0) is 13.2. The van der Waals surface area contributed by atoms with Crippen LogP contribution in [-0.2, 0) is 6.54 Å². The van der Waals surface area contributed by atoms with Gasteiger partial charge < -0.3 is 16.2 Å². The Kier molecular flexibility index (Phi) is 3.71. The van der Waals surface area contributed by atoms with Crippen molar-refractivity contribution < 1.29 is 26.7 Å². The van der Waals surface area contributed by atoms with E-state index in [1.165, 1.54) is 0 Å². The van der Waals surface area contributed by atoms with Crippen molar-refractivity contribution in [1.82, 2.24) is 4.98 Å². The van der Waals surface area contributed by atoms with Crippen LogP contribution < -0.4 is 16.2 Å². The maximum atomic E-state index is 12.5. The van der Waals surface area contributed by atoms with E-state index in [1.807, 2.05) is 0 Å². The summed E-state index contributed by atoms with van der Waals surface area (Å²) in [5, 5.41) is 0. The van der Waals surface area contributed by atoms with Crippen LogP contribution in [0.15, 0.2) is 6.07 Å². The van der Waals surface area contributed by atoms with Crippen molar-refractivity contribution in [3.8, 4) is 5.88 Å². The van der Waals surface area contributed by atoms with Gasteiger partial charge in [-0.2, -0.15) is 4.98 Å². The van der Waals surface area contributed by atoms with Gasteiger partial charge in [-0.15, -0.1) is 13.2 Å². The number of nitrogens with two attached hydrogens (primary N) is 2. The van der Waals surface area contributed by atoms with Crippen molar-refractivity contribution in [3.63, 3.8) is 0 Å². The van der Waals surface area contributed by atoms with Gasteiger partial charge in [-0.25, -0.2) is 8.78 Å². The normalized spacial score (nSPS) is 11.9. The Labute approximate surface area is 92.4 Å². The highest BCUT2D eigenvalue weighted by molar-refractivity contribution is 5.46. The molecular formula is C8H8F5N3O. The van der Waals surface area contributed by atoms with Gasteiger partial charge in [-0.1, -0.05) is 0 Å². The minimum atomic E-state index is -5.12. The van der Waals surface area contributed by atoms with Crippen molar-refractivity contribution in [2.45, 2.75) is 19.3 Å². The standard InChI is InChI=1S/C8H8F5N3O/c9-5(10)4-1-3(2-14)6(15)16-7(4)17-8(11,12)13/h1,5H,2,14H2,(H2,15,16). The Hall–Kier alpha value is -1.64. The molecule has 0 unspecified atom stereocenters. The quantitative estimate of drug-likeness (QED) is 0.812. The van der Waals surface area contributed by atoms with Crippen molar-refractivity contribution in [1.29, 1.82) is 0 Å². The van der Waals surface area contributed by atoms with Crippen LogP contribution >= 0.6 is 0 Å². The van der Waals surface area contributed by atoms with E-state index in [0.29, 0.717) is 0 Å². The first-order chi connectivity index (χ1) is 7.74. The molecule has 0 aliphatic heterocycles. The fraction of sp³-hybridized carbons (Fsp3) is 0.375. The molecule has 96 valence electrons. The summed E-state index contributed by atoms with van der Waals surface area (Å²) in [6.45, 7) is -0.217. The summed E-state index contributed by atoms with van der Waals surface area (Å²) < 4.78 is 64.1. The Morgan fingerprint density at radius 2 is 1.94 bits per heavy atom. The Bertz CT molecular complexity index is 407. The number of nitrogen functional groups attached to an aromatic ring is 1. The summed E-state index contributed by atoms with van der Waals surface area (Å²) in [5.74, 6) is -1.64. The van der Waals surface area contributed by atoms with Crippen LogP contribution in [0.2, 0.25) is 0 Å². The fourth-order valence-corrected chi connectivity index (χ4v) is 1.08. The van der Waals surface area contributed by atoms with Gasteiger partial charge in [0.15, 0.2) is 0 Å². The molecule has 0 atom stereocenters. The molecule has 4 N–H and O–H groups in total. The van der Waals surface area contributed by atoms with E-state index in [9.17, 15) is 22.0 Å². The highest BCUT2D eigenvalue weighted by atomic mass is 19.4. The van der Waals surface area contributed by atoms with Gasteiger partial charge in [0.05, 0.1) is 5.56 Å². The summed E-state index contributed by atoms with van der Waals surface area (Å²) in [5.41, 5.74) is 9.43. The largest absolute Gasteiger partial charge is 0.574 e. The summed E-state index contributed by atoms with van der Waals surface area (Å²) >= 11 is 0. The molecule has 0 bridgehead atoms. The van der Waals surface area contributed by atoms with Gasteiger partial charge in [0, 0.05) is 12.1 Å². The molecule has 1 aromatic rings. The predicted octanol–water partition coefficient (Wildman–Crippen LogP) is 1.96. The second-order valence-electron chi connectivity index (χ2n) is 2.98. The zero-order valence-electron chi connectivity index (χ0n) is 8.26. The van der Waals surface area contributed by atoms with Gasteiger partial charge in [-0.05, 0) is 6.07 Å². The molecule has 4 nitrogen and oxygen atoms in total. The van der Waals surface area contributed by atoms with E-state index in [-0.39, 0.29) is 17.9 Å². The highest BCUT2D eigenvalue weighted by Gasteiger charge is 2.34. The topological polar surface area (TPSA) is 74.2 Å². The second kappa shape index (κ2) is 4.70. The summed E-state index contributed by atoms with van der Waals surface area (Å²) in [4.78, 5) is 3.13. The van der Waals surface area contributed by atoms with Crippen LogP contribution in [0.5, 0.6) is 5.88 Å². The Balaban J connectivity index is 3.23. The highest BCUT2D eigenvalue weighted by Crippen LogP contribution is 2.33. The lowest BCUT2D eigenvalue weighted by Crippen LogP contribution is -2.20. The van der Waals surface area contributed by atoms with Gasteiger partial charge >= 0.3 is 6.36 Å². The molecule has 1 rings (SSSR count). The van der Waals surface area contributed by atoms with Crippen molar-refractivity contribution in [2.75, 3.05) is 5.73 Å². The minimum absolute atomic E-state index is 0.0230. The van der Waals surface area contributed by atoms with E-state index in [1.54, 1.807) is 0 Å².